The monoisotopic (exact) mass is 379 g/mol. The van der Waals surface area contributed by atoms with Crippen LogP contribution < -0.4 is 5.32 Å². The molecule has 10 heteroatoms. The quantitative estimate of drug-likeness (QED) is 0.853. The van der Waals surface area contributed by atoms with E-state index in [0.29, 0.717) is 24.4 Å². The number of nitrogens with one attached hydrogen (secondary N) is 1. The van der Waals surface area contributed by atoms with E-state index in [1.165, 1.54) is 0 Å². The van der Waals surface area contributed by atoms with Gasteiger partial charge in [-0.25, -0.2) is 13.2 Å². The minimum absolute atomic E-state index is 0.0995. The Morgan fingerprint density at radius 1 is 1.35 bits per heavy atom. The number of hydrogen-bond donors (Lipinski definition) is 1. The van der Waals surface area contributed by atoms with E-state index in [0.717, 1.165) is 0 Å². The van der Waals surface area contributed by atoms with Crippen LogP contribution >= 0.6 is 0 Å². The molecule has 2 amide bonds. The molecule has 1 aliphatic rings. The van der Waals surface area contributed by atoms with E-state index < -0.39 is 15.9 Å². The molecule has 140 valence electrons. The van der Waals surface area contributed by atoms with Gasteiger partial charge in [-0.1, -0.05) is 11.2 Å². The van der Waals surface area contributed by atoms with Crippen LogP contribution in [0.5, 0.6) is 0 Å². The highest BCUT2D eigenvalue weighted by molar-refractivity contribution is 7.91. The van der Waals surface area contributed by atoms with E-state index in [1.807, 2.05) is 6.07 Å². The fraction of sp³-hybridized carbons (Fsp3) is 0.500. The maximum absolute atomic E-state index is 12.4. The minimum Gasteiger partial charge on any atom is -0.337 e. The summed E-state index contributed by atoms with van der Waals surface area (Å²) in [4.78, 5) is 22.4. The summed E-state index contributed by atoms with van der Waals surface area (Å²) in [6.07, 6.45) is 2.53. The van der Waals surface area contributed by atoms with Gasteiger partial charge in [-0.05, 0) is 31.9 Å². The molecule has 0 radical (unpaired) electrons. The van der Waals surface area contributed by atoms with Crippen LogP contribution in [0.2, 0.25) is 0 Å². The molecular weight excluding hydrogens is 358 g/mol. The number of hydrogen-bond acceptors (Lipinski definition) is 7. The highest BCUT2D eigenvalue weighted by Crippen LogP contribution is 2.19. The van der Waals surface area contributed by atoms with Crippen LogP contribution in [-0.4, -0.2) is 59.1 Å². The molecule has 1 unspecified atom stereocenters. The van der Waals surface area contributed by atoms with Gasteiger partial charge in [0.1, 0.15) is 21.6 Å². The van der Waals surface area contributed by atoms with Crippen molar-refractivity contribution in [2.45, 2.75) is 31.8 Å². The van der Waals surface area contributed by atoms with Crippen molar-refractivity contribution in [3.05, 3.63) is 30.3 Å². The van der Waals surface area contributed by atoms with Crippen LogP contribution in [0.4, 0.5) is 4.79 Å². The normalized spacial score (nSPS) is 18.2. The molecule has 0 aromatic carbocycles. The van der Waals surface area contributed by atoms with Crippen molar-refractivity contribution < 1.29 is 17.7 Å². The third kappa shape index (κ3) is 4.18. The molecule has 1 atom stereocenters. The number of rotatable bonds is 4. The topological polar surface area (TPSA) is 118 Å². The van der Waals surface area contributed by atoms with Crippen molar-refractivity contribution >= 4 is 15.9 Å². The molecule has 1 N–H and O–H groups in total. The van der Waals surface area contributed by atoms with Crippen LogP contribution in [0, 0.1) is 0 Å². The largest absolute Gasteiger partial charge is 0.337 e. The Hall–Kier alpha value is -2.49. The maximum Gasteiger partial charge on any atom is 0.318 e. The molecule has 3 heterocycles. The number of carbonyl (C=O) groups excluding carboxylic acids is 1. The number of sulfone groups is 1. The van der Waals surface area contributed by atoms with Crippen molar-refractivity contribution in [1.82, 2.24) is 25.3 Å². The smallest absolute Gasteiger partial charge is 0.318 e. The first-order chi connectivity index (χ1) is 12.4. The number of urea groups is 1. The molecule has 0 aliphatic carbocycles. The van der Waals surface area contributed by atoms with Gasteiger partial charge in [0.15, 0.2) is 0 Å². The first-order valence-electron chi connectivity index (χ1n) is 8.34. The number of aromatic nitrogens is 3. The summed E-state index contributed by atoms with van der Waals surface area (Å²) in [6, 6.07) is 4.49. The van der Waals surface area contributed by atoms with Gasteiger partial charge in [0.2, 0.25) is 11.7 Å². The zero-order valence-electron chi connectivity index (χ0n) is 14.6. The molecule has 0 saturated carbocycles. The highest BCUT2D eigenvalue weighted by Gasteiger charge is 2.29. The van der Waals surface area contributed by atoms with E-state index >= 15 is 0 Å². The van der Waals surface area contributed by atoms with Crippen LogP contribution in [0.15, 0.2) is 28.9 Å². The summed E-state index contributed by atoms with van der Waals surface area (Å²) in [5.74, 6) is 0.857. The first-order valence-corrected chi connectivity index (χ1v) is 10.2. The van der Waals surface area contributed by atoms with Gasteiger partial charge in [0, 0.05) is 19.3 Å². The Bertz CT molecular complexity index is 854. The second-order valence-corrected chi connectivity index (χ2v) is 8.64. The predicted octanol–water partition coefficient (Wildman–Crippen LogP) is 1.41. The zero-order chi connectivity index (χ0) is 18.7. The lowest BCUT2D eigenvalue weighted by Gasteiger charge is -2.31. The molecule has 2 aromatic rings. The number of pyridine rings is 1. The third-order valence-corrected chi connectivity index (χ3v) is 6.15. The van der Waals surface area contributed by atoms with Crippen molar-refractivity contribution in [1.29, 1.82) is 0 Å². The molecule has 26 heavy (non-hydrogen) atoms. The standard InChI is InChI=1S/C16H21N5O4S/c1-11(15-19-14(20-25-15)13-5-3-4-8-17-13)18-16(22)21(2)12-6-9-26(23,24)10-7-12/h3-5,8,11-12H,6-7,9-10H2,1-2H3,(H,18,22). The lowest BCUT2D eigenvalue weighted by molar-refractivity contribution is 0.180. The van der Waals surface area contributed by atoms with Gasteiger partial charge in [-0.3, -0.25) is 4.98 Å². The Kier molecular flexibility index (Phi) is 5.21. The van der Waals surface area contributed by atoms with Gasteiger partial charge in [-0.15, -0.1) is 0 Å². The second kappa shape index (κ2) is 7.40. The van der Waals surface area contributed by atoms with E-state index in [-0.39, 0.29) is 29.5 Å². The van der Waals surface area contributed by atoms with Gasteiger partial charge in [-0.2, -0.15) is 4.98 Å². The Morgan fingerprint density at radius 3 is 2.73 bits per heavy atom. The molecule has 1 fully saturated rings. The van der Waals surface area contributed by atoms with E-state index in [9.17, 15) is 13.2 Å². The number of carbonyl (C=O) groups is 1. The lowest BCUT2D eigenvalue weighted by Crippen LogP contribution is -2.47. The van der Waals surface area contributed by atoms with E-state index in [2.05, 4.69) is 20.4 Å². The summed E-state index contributed by atoms with van der Waals surface area (Å²) < 4.78 is 28.3. The van der Waals surface area contributed by atoms with Crippen molar-refractivity contribution in [3.8, 4) is 11.5 Å². The summed E-state index contributed by atoms with van der Waals surface area (Å²) in [5.41, 5.74) is 0.585. The molecule has 1 saturated heterocycles. The van der Waals surface area contributed by atoms with Crippen LogP contribution in [0.25, 0.3) is 11.5 Å². The van der Waals surface area contributed by atoms with Gasteiger partial charge in [0.05, 0.1) is 11.5 Å². The molecule has 1 aliphatic heterocycles. The van der Waals surface area contributed by atoms with Crippen LogP contribution in [0.3, 0.4) is 0 Å². The fourth-order valence-corrected chi connectivity index (χ4v) is 4.26. The Labute approximate surface area is 151 Å². The van der Waals surface area contributed by atoms with Crippen LogP contribution in [-0.2, 0) is 9.84 Å². The molecule has 0 bridgehead atoms. The van der Waals surface area contributed by atoms with E-state index in [4.69, 9.17) is 4.52 Å². The average molecular weight is 379 g/mol. The third-order valence-electron chi connectivity index (χ3n) is 4.44. The second-order valence-electron chi connectivity index (χ2n) is 6.34. The fourth-order valence-electron chi connectivity index (χ4n) is 2.79. The summed E-state index contributed by atoms with van der Waals surface area (Å²) in [7, 11) is -1.30. The average Bonchev–Trinajstić information content (AvgIpc) is 3.12. The Morgan fingerprint density at radius 2 is 2.08 bits per heavy atom. The van der Waals surface area contributed by atoms with Gasteiger partial charge < -0.3 is 14.7 Å². The molecule has 0 spiro atoms. The molecule has 2 aromatic heterocycles. The van der Waals surface area contributed by atoms with Crippen LogP contribution in [0.1, 0.15) is 31.7 Å². The summed E-state index contributed by atoms with van der Waals surface area (Å²) in [5, 5.41) is 6.68. The molecule has 9 nitrogen and oxygen atoms in total. The predicted molar refractivity (Wildman–Crippen MR) is 93.9 cm³/mol. The van der Waals surface area contributed by atoms with Crippen molar-refractivity contribution in [2.24, 2.45) is 0 Å². The number of nitrogens with zero attached hydrogens (tertiary/aromatic N) is 4. The Balaban J connectivity index is 1.60. The van der Waals surface area contributed by atoms with Crippen molar-refractivity contribution in [3.63, 3.8) is 0 Å². The van der Waals surface area contributed by atoms with Gasteiger partial charge >= 0.3 is 6.03 Å². The van der Waals surface area contributed by atoms with Gasteiger partial charge in [0.25, 0.3) is 0 Å². The maximum atomic E-state index is 12.4. The minimum atomic E-state index is -2.96. The highest BCUT2D eigenvalue weighted by atomic mass is 32.2. The first kappa shape index (κ1) is 18.3. The van der Waals surface area contributed by atoms with Crippen molar-refractivity contribution in [2.75, 3.05) is 18.6 Å². The zero-order valence-corrected chi connectivity index (χ0v) is 15.4. The summed E-state index contributed by atoms with van der Waals surface area (Å²) in [6.45, 7) is 1.74. The lowest BCUT2D eigenvalue weighted by atomic mass is 10.1. The summed E-state index contributed by atoms with van der Waals surface area (Å²) >= 11 is 0. The SMILES string of the molecule is CC(NC(=O)N(C)C1CCS(=O)(=O)CC1)c1nc(-c2ccccn2)no1. The number of amides is 2. The molecule has 3 rings (SSSR count). The molecular formula is C16H21N5O4S. The van der Waals surface area contributed by atoms with E-state index in [1.54, 1.807) is 37.2 Å².